The standard InChI is InChI=1S/C20H21FN4.ClH/c21-17-6-8-18(9-7-17)25-12-15(10-23-25)11-24-13-19(20(22)14-24)16-4-2-1-3-5-16;/h1-10,12,19-20H,11,13-14,22H2;1H/t19-,20+;/m0./s1. The Hall–Kier alpha value is -2.21. The van der Waals surface area contributed by atoms with E-state index in [2.05, 4.69) is 34.3 Å². The number of nitrogens with zero attached hydrogens (tertiary/aromatic N) is 3. The zero-order chi connectivity index (χ0) is 17.2. The van der Waals surface area contributed by atoms with Gasteiger partial charge in [0.05, 0.1) is 11.9 Å². The summed E-state index contributed by atoms with van der Waals surface area (Å²) in [6, 6.07) is 17.0. The number of halogens is 2. The lowest BCUT2D eigenvalue weighted by Crippen LogP contribution is -2.28. The lowest BCUT2D eigenvalue weighted by Gasteiger charge is -2.15. The van der Waals surface area contributed by atoms with E-state index < -0.39 is 0 Å². The van der Waals surface area contributed by atoms with Gasteiger partial charge in [0.25, 0.3) is 0 Å². The molecule has 2 heterocycles. The molecule has 1 aromatic heterocycles. The molecule has 1 fully saturated rings. The summed E-state index contributed by atoms with van der Waals surface area (Å²) < 4.78 is 14.8. The average molecular weight is 373 g/mol. The molecule has 0 saturated carbocycles. The fourth-order valence-electron chi connectivity index (χ4n) is 3.53. The van der Waals surface area contributed by atoms with E-state index in [0.29, 0.717) is 5.92 Å². The van der Waals surface area contributed by atoms with Crippen molar-refractivity contribution in [3.63, 3.8) is 0 Å². The van der Waals surface area contributed by atoms with Crippen LogP contribution in [0.4, 0.5) is 4.39 Å². The van der Waals surface area contributed by atoms with Crippen molar-refractivity contribution in [1.29, 1.82) is 0 Å². The molecule has 0 aliphatic carbocycles. The van der Waals surface area contributed by atoms with Gasteiger partial charge in [-0.1, -0.05) is 30.3 Å². The quantitative estimate of drug-likeness (QED) is 0.763. The maximum atomic E-state index is 13.0. The minimum absolute atomic E-state index is 0. The molecular weight excluding hydrogens is 351 g/mol. The van der Waals surface area contributed by atoms with Gasteiger partial charge < -0.3 is 5.73 Å². The normalized spacial score (nSPS) is 20.1. The van der Waals surface area contributed by atoms with Crippen molar-refractivity contribution in [1.82, 2.24) is 14.7 Å². The van der Waals surface area contributed by atoms with Gasteiger partial charge >= 0.3 is 0 Å². The third kappa shape index (κ3) is 3.96. The van der Waals surface area contributed by atoms with Crippen molar-refractivity contribution in [3.8, 4) is 5.69 Å². The SMILES string of the molecule is Cl.N[C@@H]1CN(Cc2cnn(-c3ccc(F)cc3)c2)C[C@H]1c1ccccc1. The van der Waals surface area contributed by atoms with Gasteiger partial charge in [-0.15, -0.1) is 12.4 Å². The van der Waals surface area contributed by atoms with Crippen molar-refractivity contribution in [2.24, 2.45) is 5.73 Å². The maximum absolute atomic E-state index is 13.0. The maximum Gasteiger partial charge on any atom is 0.123 e. The Labute approximate surface area is 158 Å². The number of hydrogen-bond donors (Lipinski definition) is 1. The molecule has 2 N–H and O–H groups in total. The number of rotatable bonds is 4. The summed E-state index contributed by atoms with van der Waals surface area (Å²) in [6.07, 6.45) is 3.86. The Morgan fingerprint density at radius 2 is 1.77 bits per heavy atom. The lowest BCUT2D eigenvalue weighted by molar-refractivity contribution is 0.324. The zero-order valence-corrected chi connectivity index (χ0v) is 15.1. The van der Waals surface area contributed by atoms with Gasteiger partial charge in [-0.3, -0.25) is 4.90 Å². The Morgan fingerprint density at radius 1 is 1.04 bits per heavy atom. The minimum Gasteiger partial charge on any atom is -0.326 e. The summed E-state index contributed by atoms with van der Waals surface area (Å²) in [6.45, 7) is 2.65. The van der Waals surface area contributed by atoms with Crippen molar-refractivity contribution in [2.75, 3.05) is 13.1 Å². The van der Waals surface area contributed by atoms with E-state index in [4.69, 9.17) is 5.73 Å². The minimum atomic E-state index is -0.242. The van der Waals surface area contributed by atoms with Gasteiger partial charge in [0.1, 0.15) is 5.82 Å². The highest BCUT2D eigenvalue weighted by atomic mass is 35.5. The van der Waals surface area contributed by atoms with Crippen LogP contribution in [0.1, 0.15) is 17.0 Å². The second-order valence-electron chi connectivity index (χ2n) is 6.64. The largest absolute Gasteiger partial charge is 0.326 e. The van der Waals surface area contributed by atoms with Crippen LogP contribution in [0.2, 0.25) is 0 Å². The summed E-state index contributed by atoms with van der Waals surface area (Å²) in [5.74, 6) is 0.127. The van der Waals surface area contributed by atoms with Gasteiger partial charge in [-0.2, -0.15) is 5.10 Å². The van der Waals surface area contributed by atoms with Gasteiger partial charge in [-0.25, -0.2) is 9.07 Å². The summed E-state index contributed by atoms with van der Waals surface area (Å²) >= 11 is 0. The molecular formula is C20H22ClFN4. The van der Waals surface area contributed by atoms with Gasteiger partial charge in [0, 0.05) is 43.4 Å². The molecule has 6 heteroatoms. The first kappa shape index (κ1) is 18.6. The molecule has 3 aromatic rings. The Kier molecular flexibility index (Phi) is 5.71. The predicted molar refractivity (Wildman–Crippen MR) is 103 cm³/mol. The van der Waals surface area contributed by atoms with Crippen LogP contribution in [0, 0.1) is 5.82 Å². The van der Waals surface area contributed by atoms with Gasteiger partial charge in [-0.05, 0) is 29.8 Å². The topological polar surface area (TPSA) is 47.1 Å². The average Bonchev–Trinajstić information content (AvgIpc) is 3.23. The summed E-state index contributed by atoms with van der Waals surface area (Å²) in [5, 5.41) is 4.39. The van der Waals surface area contributed by atoms with Crippen LogP contribution < -0.4 is 5.73 Å². The number of nitrogens with two attached hydrogens (primary N) is 1. The van der Waals surface area contributed by atoms with Gasteiger partial charge in [0.15, 0.2) is 0 Å². The fraction of sp³-hybridized carbons (Fsp3) is 0.250. The molecule has 0 bridgehead atoms. The molecule has 1 aliphatic rings. The van der Waals surface area contributed by atoms with E-state index in [1.54, 1.807) is 16.8 Å². The van der Waals surface area contributed by atoms with Crippen molar-refractivity contribution in [3.05, 3.63) is 83.9 Å². The monoisotopic (exact) mass is 372 g/mol. The lowest BCUT2D eigenvalue weighted by atomic mass is 9.95. The number of hydrogen-bond acceptors (Lipinski definition) is 3. The fourth-order valence-corrected chi connectivity index (χ4v) is 3.53. The third-order valence-electron chi connectivity index (χ3n) is 4.80. The van der Waals surface area contributed by atoms with Gasteiger partial charge in [0.2, 0.25) is 0 Å². The van der Waals surface area contributed by atoms with Crippen LogP contribution in [0.15, 0.2) is 67.0 Å². The highest BCUT2D eigenvalue weighted by Crippen LogP contribution is 2.27. The second kappa shape index (κ2) is 7.99. The van der Waals surface area contributed by atoms with Crippen LogP contribution in [-0.2, 0) is 6.54 Å². The summed E-state index contributed by atoms with van der Waals surface area (Å²) in [7, 11) is 0. The molecule has 0 spiro atoms. The molecule has 4 nitrogen and oxygen atoms in total. The summed E-state index contributed by atoms with van der Waals surface area (Å²) in [4.78, 5) is 2.37. The van der Waals surface area contributed by atoms with E-state index in [1.807, 2.05) is 18.5 Å². The second-order valence-corrected chi connectivity index (χ2v) is 6.64. The zero-order valence-electron chi connectivity index (χ0n) is 14.3. The molecule has 2 aromatic carbocycles. The van der Waals surface area contributed by atoms with Crippen LogP contribution in [-0.4, -0.2) is 33.8 Å². The van der Waals surface area contributed by atoms with E-state index >= 15 is 0 Å². The number of aromatic nitrogens is 2. The van der Waals surface area contributed by atoms with E-state index in [0.717, 1.165) is 30.9 Å². The van der Waals surface area contributed by atoms with Crippen LogP contribution in [0.3, 0.4) is 0 Å². The molecule has 4 rings (SSSR count). The Morgan fingerprint density at radius 3 is 2.50 bits per heavy atom. The van der Waals surface area contributed by atoms with E-state index in [1.165, 1.54) is 17.7 Å². The first-order valence-electron chi connectivity index (χ1n) is 8.51. The highest BCUT2D eigenvalue weighted by Gasteiger charge is 2.31. The van der Waals surface area contributed by atoms with Crippen molar-refractivity contribution < 1.29 is 4.39 Å². The molecule has 136 valence electrons. The van der Waals surface area contributed by atoms with Crippen molar-refractivity contribution in [2.45, 2.75) is 18.5 Å². The van der Waals surface area contributed by atoms with Crippen LogP contribution >= 0.6 is 12.4 Å². The van der Waals surface area contributed by atoms with E-state index in [9.17, 15) is 4.39 Å². The number of likely N-dealkylation sites (tertiary alicyclic amines) is 1. The first-order chi connectivity index (χ1) is 12.2. The highest BCUT2D eigenvalue weighted by molar-refractivity contribution is 5.85. The van der Waals surface area contributed by atoms with E-state index in [-0.39, 0.29) is 24.3 Å². The predicted octanol–water partition coefficient (Wildman–Crippen LogP) is 3.36. The molecule has 0 radical (unpaired) electrons. The molecule has 1 saturated heterocycles. The molecule has 26 heavy (non-hydrogen) atoms. The molecule has 1 aliphatic heterocycles. The van der Waals surface area contributed by atoms with Crippen LogP contribution in [0.5, 0.6) is 0 Å². The molecule has 0 unspecified atom stereocenters. The smallest absolute Gasteiger partial charge is 0.123 e. The summed E-state index contributed by atoms with van der Waals surface area (Å²) in [5.41, 5.74) is 9.66. The Bertz CT molecular complexity index is 835. The van der Waals surface area contributed by atoms with Crippen LogP contribution in [0.25, 0.3) is 5.69 Å². The third-order valence-corrected chi connectivity index (χ3v) is 4.80. The number of benzene rings is 2. The first-order valence-corrected chi connectivity index (χ1v) is 8.51. The Balaban J connectivity index is 0.00000196. The van der Waals surface area contributed by atoms with Crippen molar-refractivity contribution >= 4 is 12.4 Å². The molecule has 0 amide bonds. The molecule has 2 atom stereocenters.